The lowest BCUT2D eigenvalue weighted by Crippen LogP contribution is -2.14. The van der Waals surface area contributed by atoms with Crippen LogP contribution in [0.3, 0.4) is 0 Å². The van der Waals surface area contributed by atoms with Gasteiger partial charge in [-0.3, -0.25) is 0 Å². The van der Waals surface area contributed by atoms with E-state index in [2.05, 4.69) is 159 Å². The highest BCUT2D eigenvalue weighted by molar-refractivity contribution is 5.89. The van der Waals surface area contributed by atoms with Crippen molar-refractivity contribution in [3.05, 3.63) is 186 Å². The van der Waals surface area contributed by atoms with Crippen LogP contribution in [0.2, 0.25) is 0 Å². The van der Waals surface area contributed by atoms with E-state index in [0.29, 0.717) is 17.5 Å². The summed E-state index contributed by atoms with van der Waals surface area (Å²) in [6, 6.07) is 58.5. The maximum atomic E-state index is 5.24. The Morgan fingerprint density at radius 1 is 0.346 bits per heavy atom. The molecule has 0 spiro atoms. The Labute approximate surface area is 304 Å². The normalized spacial score (nSPS) is 13.3. The molecule has 1 aromatic heterocycles. The number of fused-ring (bicyclic) bond motifs is 6. The Morgan fingerprint density at radius 3 is 1.62 bits per heavy atom. The molecule has 8 aromatic rings. The topological polar surface area (TPSA) is 38.7 Å². The maximum absolute atomic E-state index is 5.24. The first kappa shape index (κ1) is 30.4. The van der Waals surface area contributed by atoms with Gasteiger partial charge >= 0.3 is 0 Å². The van der Waals surface area contributed by atoms with Crippen molar-refractivity contribution >= 4 is 0 Å². The zero-order chi connectivity index (χ0) is 34.8. The van der Waals surface area contributed by atoms with Gasteiger partial charge in [0.2, 0.25) is 0 Å². The van der Waals surface area contributed by atoms with Gasteiger partial charge in [0.15, 0.2) is 17.5 Å². The van der Waals surface area contributed by atoms with Crippen molar-refractivity contribution < 1.29 is 0 Å². The summed E-state index contributed by atoms with van der Waals surface area (Å²) in [4.78, 5) is 15.5. The fourth-order valence-electron chi connectivity index (χ4n) is 8.41. The van der Waals surface area contributed by atoms with Crippen LogP contribution < -0.4 is 0 Å². The molecular weight excluding hydrogens is 631 g/mol. The van der Waals surface area contributed by atoms with Crippen LogP contribution >= 0.6 is 0 Å². The van der Waals surface area contributed by atoms with Gasteiger partial charge < -0.3 is 0 Å². The molecular formula is C49H35N3. The molecule has 2 aliphatic carbocycles. The third kappa shape index (κ3) is 4.85. The number of benzene rings is 7. The van der Waals surface area contributed by atoms with Crippen LogP contribution in [-0.4, -0.2) is 15.0 Å². The molecule has 0 fully saturated rings. The SMILES string of the molecule is CC1(C)c2ccccc2-c2cc(-c3cccc(-c4nc(-c5ccccc5)nc(-c5cccc6c5Cc5c(-c7ccccc7)cccc5-6)n4)c3)ccc21. The van der Waals surface area contributed by atoms with E-state index in [1.165, 1.54) is 61.2 Å². The average molecular weight is 666 g/mol. The summed E-state index contributed by atoms with van der Waals surface area (Å²) in [6.07, 6.45) is 0.821. The highest BCUT2D eigenvalue weighted by atomic mass is 15.0. The Kier molecular flexibility index (Phi) is 6.91. The van der Waals surface area contributed by atoms with Crippen molar-refractivity contribution in [1.82, 2.24) is 15.0 Å². The molecule has 0 radical (unpaired) electrons. The van der Waals surface area contributed by atoms with Gasteiger partial charge in [0.25, 0.3) is 0 Å². The van der Waals surface area contributed by atoms with Gasteiger partial charge in [0, 0.05) is 28.5 Å². The van der Waals surface area contributed by atoms with E-state index in [4.69, 9.17) is 15.0 Å². The molecule has 52 heavy (non-hydrogen) atoms. The number of rotatable bonds is 5. The van der Waals surface area contributed by atoms with Gasteiger partial charge in [0.05, 0.1) is 0 Å². The molecule has 1 heterocycles. The van der Waals surface area contributed by atoms with Gasteiger partial charge in [0.1, 0.15) is 0 Å². The molecule has 3 nitrogen and oxygen atoms in total. The monoisotopic (exact) mass is 665 g/mol. The van der Waals surface area contributed by atoms with E-state index in [1.54, 1.807) is 0 Å². The van der Waals surface area contributed by atoms with E-state index in [1.807, 2.05) is 18.2 Å². The second-order valence-corrected chi connectivity index (χ2v) is 14.4. The van der Waals surface area contributed by atoms with Crippen molar-refractivity contribution in [1.29, 1.82) is 0 Å². The molecule has 0 saturated heterocycles. The van der Waals surface area contributed by atoms with E-state index < -0.39 is 0 Å². The average Bonchev–Trinajstić information content (AvgIpc) is 3.70. The summed E-state index contributed by atoms with van der Waals surface area (Å²) in [7, 11) is 0. The van der Waals surface area contributed by atoms with Gasteiger partial charge in [-0.25, -0.2) is 15.0 Å². The Balaban J connectivity index is 1.09. The summed E-state index contributed by atoms with van der Waals surface area (Å²) in [5.74, 6) is 2.02. The first-order valence-corrected chi connectivity index (χ1v) is 18.0. The fraction of sp³-hybridized carbons (Fsp3) is 0.0816. The molecule has 2 aliphatic rings. The smallest absolute Gasteiger partial charge is 0.164 e. The quantitative estimate of drug-likeness (QED) is 0.184. The molecule has 0 amide bonds. The molecule has 3 heteroatoms. The van der Waals surface area contributed by atoms with Crippen molar-refractivity contribution in [3.63, 3.8) is 0 Å². The van der Waals surface area contributed by atoms with Crippen LogP contribution in [0.15, 0.2) is 164 Å². The molecule has 0 N–H and O–H groups in total. The predicted molar refractivity (Wildman–Crippen MR) is 213 cm³/mol. The highest BCUT2D eigenvalue weighted by Gasteiger charge is 2.35. The molecule has 0 bridgehead atoms. The van der Waals surface area contributed by atoms with Crippen molar-refractivity contribution in [2.24, 2.45) is 0 Å². The zero-order valence-electron chi connectivity index (χ0n) is 29.1. The number of hydrogen-bond donors (Lipinski definition) is 0. The second-order valence-electron chi connectivity index (χ2n) is 14.4. The van der Waals surface area contributed by atoms with E-state index in [0.717, 1.165) is 28.7 Å². The summed E-state index contributed by atoms with van der Waals surface area (Å²) in [5.41, 5.74) is 18.3. The van der Waals surface area contributed by atoms with Gasteiger partial charge in [-0.05, 0) is 78.9 Å². The van der Waals surface area contributed by atoms with E-state index in [9.17, 15) is 0 Å². The summed E-state index contributed by atoms with van der Waals surface area (Å²) >= 11 is 0. The van der Waals surface area contributed by atoms with Crippen LogP contribution in [0.1, 0.15) is 36.1 Å². The Bertz CT molecular complexity index is 2670. The molecule has 10 rings (SSSR count). The summed E-state index contributed by atoms with van der Waals surface area (Å²) in [6.45, 7) is 4.65. The Morgan fingerprint density at radius 2 is 0.846 bits per heavy atom. The van der Waals surface area contributed by atoms with Crippen molar-refractivity contribution in [2.45, 2.75) is 25.7 Å². The third-order valence-electron chi connectivity index (χ3n) is 11.0. The van der Waals surface area contributed by atoms with E-state index >= 15 is 0 Å². The highest BCUT2D eigenvalue weighted by Crippen LogP contribution is 2.50. The lowest BCUT2D eigenvalue weighted by atomic mass is 9.82. The molecule has 0 atom stereocenters. The molecule has 246 valence electrons. The van der Waals surface area contributed by atoms with Crippen LogP contribution in [0.4, 0.5) is 0 Å². The van der Waals surface area contributed by atoms with Crippen molar-refractivity contribution in [3.8, 4) is 78.7 Å². The second kappa shape index (κ2) is 11.8. The molecule has 0 saturated carbocycles. The number of hydrogen-bond acceptors (Lipinski definition) is 3. The lowest BCUT2D eigenvalue weighted by molar-refractivity contribution is 0.660. The summed E-state index contributed by atoms with van der Waals surface area (Å²) < 4.78 is 0. The standard InChI is InChI=1S/C49H35N3/c1-49(2)44-25-10-9-20-39(44)43-29-34(26-27-45(43)49)33-18-11-19-35(28-33)47-50-46(32-16-7-4-8-17-32)51-48(52-47)40-24-13-23-38-37-22-12-21-36(41(37)30-42(38)40)31-14-5-3-6-15-31/h3-29H,30H2,1-2H3. The minimum atomic E-state index is -0.0243. The maximum Gasteiger partial charge on any atom is 0.164 e. The first-order valence-electron chi connectivity index (χ1n) is 18.0. The molecule has 0 unspecified atom stereocenters. The fourth-order valence-corrected chi connectivity index (χ4v) is 8.41. The predicted octanol–water partition coefficient (Wildman–Crippen LogP) is 12.1. The summed E-state index contributed by atoms with van der Waals surface area (Å²) in [5, 5.41) is 0. The van der Waals surface area contributed by atoms with Gasteiger partial charge in [-0.15, -0.1) is 0 Å². The molecule has 7 aromatic carbocycles. The minimum Gasteiger partial charge on any atom is -0.208 e. The van der Waals surface area contributed by atoms with Crippen LogP contribution in [-0.2, 0) is 11.8 Å². The van der Waals surface area contributed by atoms with Crippen molar-refractivity contribution in [2.75, 3.05) is 0 Å². The largest absolute Gasteiger partial charge is 0.208 e. The van der Waals surface area contributed by atoms with Crippen LogP contribution in [0, 0.1) is 0 Å². The van der Waals surface area contributed by atoms with Crippen LogP contribution in [0.5, 0.6) is 0 Å². The first-order chi connectivity index (χ1) is 25.5. The van der Waals surface area contributed by atoms with Gasteiger partial charge in [-0.2, -0.15) is 0 Å². The van der Waals surface area contributed by atoms with Gasteiger partial charge in [-0.1, -0.05) is 166 Å². The number of nitrogens with zero attached hydrogens (tertiary/aromatic N) is 3. The minimum absolute atomic E-state index is 0.0243. The number of aromatic nitrogens is 3. The van der Waals surface area contributed by atoms with Crippen LogP contribution in [0.25, 0.3) is 78.7 Å². The van der Waals surface area contributed by atoms with E-state index in [-0.39, 0.29) is 5.41 Å². The molecule has 0 aliphatic heterocycles. The zero-order valence-corrected chi connectivity index (χ0v) is 29.1. The Hall–Kier alpha value is -6.45. The lowest BCUT2D eigenvalue weighted by Gasteiger charge is -2.21. The third-order valence-corrected chi connectivity index (χ3v) is 11.0.